The molecule has 0 unspecified atom stereocenters. The van der Waals surface area contributed by atoms with E-state index < -0.39 is 0 Å². The summed E-state index contributed by atoms with van der Waals surface area (Å²) in [5.41, 5.74) is 0. The molecule has 1 heterocycles. The zero-order valence-corrected chi connectivity index (χ0v) is 10.5. The highest BCUT2D eigenvalue weighted by molar-refractivity contribution is 7.97. The standard InChI is InChI=1S/C15H15OS/c16-13-8-10-17(11-9-13)15-7-3-5-12-4-1-2-6-14(12)15/h1-7H,8-11H2/q+1. The fraction of sp³-hybridized carbons (Fsp3) is 0.267. The molecule has 2 aromatic rings. The van der Waals surface area contributed by atoms with Gasteiger partial charge in [-0.15, -0.1) is 0 Å². The number of rotatable bonds is 1. The maximum atomic E-state index is 11.3. The molecule has 0 aliphatic carbocycles. The minimum Gasteiger partial charge on any atom is -0.299 e. The summed E-state index contributed by atoms with van der Waals surface area (Å²) in [4.78, 5) is 12.8. The van der Waals surface area contributed by atoms with Crippen molar-refractivity contribution in [1.29, 1.82) is 0 Å². The number of hydrogen-bond donors (Lipinski definition) is 0. The van der Waals surface area contributed by atoms with Gasteiger partial charge in [0.2, 0.25) is 0 Å². The zero-order valence-electron chi connectivity index (χ0n) is 9.69. The molecule has 86 valence electrons. The van der Waals surface area contributed by atoms with E-state index in [1.165, 1.54) is 15.7 Å². The minimum absolute atomic E-state index is 0.276. The molecule has 1 nitrogen and oxygen atoms in total. The lowest BCUT2D eigenvalue weighted by molar-refractivity contribution is -0.118. The lowest BCUT2D eigenvalue weighted by Crippen LogP contribution is -2.23. The molecule has 2 aromatic carbocycles. The molecule has 1 saturated heterocycles. The van der Waals surface area contributed by atoms with Crippen molar-refractivity contribution < 1.29 is 4.79 Å². The van der Waals surface area contributed by atoms with Crippen LogP contribution < -0.4 is 0 Å². The van der Waals surface area contributed by atoms with Crippen LogP contribution >= 0.6 is 0 Å². The van der Waals surface area contributed by atoms with Crippen LogP contribution in [0.2, 0.25) is 0 Å². The van der Waals surface area contributed by atoms with Gasteiger partial charge >= 0.3 is 0 Å². The summed E-state index contributed by atoms with van der Waals surface area (Å²) < 4.78 is 0. The third-order valence-electron chi connectivity index (χ3n) is 3.32. The molecule has 0 spiro atoms. The summed E-state index contributed by atoms with van der Waals surface area (Å²) >= 11 is 0. The highest BCUT2D eigenvalue weighted by Crippen LogP contribution is 2.28. The van der Waals surface area contributed by atoms with Crippen LogP contribution in [0, 0.1) is 0 Å². The Morgan fingerprint density at radius 3 is 2.41 bits per heavy atom. The molecular weight excluding hydrogens is 228 g/mol. The minimum atomic E-state index is 0.276. The Balaban J connectivity index is 2.02. The second kappa shape index (κ2) is 4.53. The maximum absolute atomic E-state index is 11.3. The second-order valence-corrected chi connectivity index (χ2v) is 6.66. The van der Waals surface area contributed by atoms with Gasteiger partial charge in [-0.05, 0) is 17.5 Å². The summed E-state index contributed by atoms with van der Waals surface area (Å²) in [6, 6.07) is 15.1. The second-order valence-electron chi connectivity index (χ2n) is 4.42. The molecule has 1 fully saturated rings. The number of carbonyl (C=O) groups excluding carboxylic acids is 1. The quantitative estimate of drug-likeness (QED) is 0.703. The van der Waals surface area contributed by atoms with Gasteiger partial charge in [0.25, 0.3) is 0 Å². The van der Waals surface area contributed by atoms with Crippen molar-refractivity contribution in [3.63, 3.8) is 0 Å². The fourth-order valence-electron chi connectivity index (χ4n) is 2.37. The monoisotopic (exact) mass is 243 g/mol. The predicted octanol–water partition coefficient (Wildman–Crippen LogP) is 3.18. The molecule has 0 aromatic heterocycles. The third kappa shape index (κ3) is 2.09. The largest absolute Gasteiger partial charge is 0.299 e. The molecule has 0 bridgehead atoms. The molecule has 0 N–H and O–H groups in total. The van der Waals surface area contributed by atoms with Gasteiger partial charge in [0.15, 0.2) is 4.90 Å². The zero-order chi connectivity index (χ0) is 11.7. The van der Waals surface area contributed by atoms with Gasteiger partial charge in [-0.1, -0.05) is 30.3 Å². The molecular formula is C15H15OS+. The van der Waals surface area contributed by atoms with Crippen LogP contribution in [0.4, 0.5) is 0 Å². The lowest BCUT2D eigenvalue weighted by Gasteiger charge is -2.14. The van der Waals surface area contributed by atoms with E-state index in [1.807, 2.05) is 0 Å². The molecule has 0 amide bonds. The Morgan fingerprint density at radius 1 is 0.882 bits per heavy atom. The van der Waals surface area contributed by atoms with Crippen molar-refractivity contribution in [2.24, 2.45) is 0 Å². The maximum Gasteiger partial charge on any atom is 0.162 e. The number of ketones is 1. The topological polar surface area (TPSA) is 17.1 Å². The summed E-state index contributed by atoms with van der Waals surface area (Å²) in [6.45, 7) is 0. The van der Waals surface area contributed by atoms with Crippen LogP contribution in [0.3, 0.4) is 0 Å². The van der Waals surface area contributed by atoms with E-state index in [1.54, 1.807) is 0 Å². The Bertz CT molecular complexity index is 546. The summed E-state index contributed by atoms with van der Waals surface area (Å²) in [5, 5.41) is 2.68. The molecule has 2 heteroatoms. The van der Waals surface area contributed by atoms with E-state index in [0.717, 1.165) is 24.3 Å². The van der Waals surface area contributed by atoms with Crippen molar-refractivity contribution in [3.05, 3.63) is 42.5 Å². The van der Waals surface area contributed by atoms with Crippen LogP contribution in [-0.4, -0.2) is 17.3 Å². The van der Waals surface area contributed by atoms with Crippen molar-refractivity contribution >= 4 is 27.5 Å². The smallest absolute Gasteiger partial charge is 0.162 e. The van der Waals surface area contributed by atoms with Crippen molar-refractivity contribution in [1.82, 2.24) is 0 Å². The van der Waals surface area contributed by atoms with Crippen molar-refractivity contribution in [2.75, 3.05) is 11.5 Å². The Labute approximate surface area is 104 Å². The van der Waals surface area contributed by atoms with Gasteiger partial charge < -0.3 is 0 Å². The Kier molecular flexibility index (Phi) is 2.89. The molecule has 0 saturated carbocycles. The molecule has 17 heavy (non-hydrogen) atoms. The van der Waals surface area contributed by atoms with Crippen LogP contribution in [0.1, 0.15) is 12.8 Å². The predicted molar refractivity (Wildman–Crippen MR) is 73.6 cm³/mol. The Morgan fingerprint density at radius 2 is 1.59 bits per heavy atom. The number of Topliss-reactive ketones (excluding diaryl/α,β-unsaturated/α-hetero) is 1. The van der Waals surface area contributed by atoms with Gasteiger partial charge in [0, 0.05) is 16.3 Å². The number of benzene rings is 2. The van der Waals surface area contributed by atoms with Crippen molar-refractivity contribution in [2.45, 2.75) is 17.7 Å². The molecule has 3 rings (SSSR count). The first-order chi connectivity index (χ1) is 8.34. The summed E-state index contributed by atoms with van der Waals surface area (Å²) in [5.74, 6) is 2.54. The normalized spacial score (nSPS) is 17.5. The molecule has 1 aliphatic rings. The third-order valence-corrected chi connectivity index (χ3v) is 5.69. The summed E-state index contributed by atoms with van der Waals surface area (Å²) in [6.07, 6.45) is 1.54. The van der Waals surface area contributed by atoms with Gasteiger partial charge in [0.05, 0.1) is 12.8 Å². The lowest BCUT2D eigenvalue weighted by atomic mass is 10.1. The number of hydrogen-bond acceptors (Lipinski definition) is 1. The van der Waals surface area contributed by atoms with E-state index in [2.05, 4.69) is 42.5 Å². The molecule has 0 radical (unpaired) electrons. The van der Waals surface area contributed by atoms with Crippen molar-refractivity contribution in [3.8, 4) is 0 Å². The van der Waals surface area contributed by atoms with Gasteiger partial charge in [-0.3, -0.25) is 4.79 Å². The first-order valence-electron chi connectivity index (χ1n) is 6.01. The van der Waals surface area contributed by atoms with E-state index in [0.29, 0.717) is 5.78 Å². The van der Waals surface area contributed by atoms with E-state index in [4.69, 9.17) is 0 Å². The van der Waals surface area contributed by atoms with E-state index in [9.17, 15) is 4.79 Å². The van der Waals surface area contributed by atoms with E-state index in [-0.39, 0.29) is 10.9 Å². The fourth-order valence-corrected chi connectivity index (χ4v) is 4.73. The first kappa shape index (κ1) is 10.8. The van der Waals surface area contributed by atoms with Crippen LogP contribution in [0.25, 0.3) is 10.8 Å². The van der Waals surface area contributed by atoms with Crippen LogP contribution in [0.5, 0.6) is 0 Å². The van der Waals surface area contributed by atoms with Gasteiger partial charge in [0.1, 0.15) is 17.3 Å². The highest BCUT2D eigenvalue weighted by atomic mass is 32.2. The molecule has 0 atom stereocenters. The average molecular weight is 243 g/mol. The number of carbonyl (C=O) groups is 1. The highest BCUT2D eigenvalue weighted by Gasteiger charge is 2.29. The number of fused-ring (bicyclic) bond motifs is 1. The Hall–Kier alpha value is -1.28. The summed E-state index contributed by atoms with van der Waals surface area (Å²) in [7, 11) is 0.276. The average Bonchev–Trinajstić information content (AvgIpc) is 2.39. The van der Waals surface area contributed by atoms with E-state index >= 15 is 0 Å². The first-order valence-corrected chi connectivity index (χ1v) is 7.58. The SMILES string of the molecule is O=C1CC[S+](c2cccc3ccccc23)CC1. The van der Waals surface area contributed by atoms with Crippen LogP contribution in [-0.2, 0) is 15.7 Å². The van der Waals surface area contributed by atoms with Crippen LogP contribution in [0.15, 0.2) is 47.4 Å². The van der Waals surface area contributed by atoms with Gasteiger partial charge in [-0.2, -0.15) is 0 Å². The van der Waals surface area contributed by atoms with Gasteiger partial charge in [-0.25, -0.2) is 0 Å². The molecule has 1 aliphatic heterocycles.